The monoisotopic (exact) mass is 346 g/mol. The van der Waals surface area contributed by atoms with Crippen LogP contribution in [-0.2, 0) is 9.53 Å². The molecule has 7 heteroatoms. The number of amides is 1. The van der Waals surface area contributed by atoms with Crippen molar-refractivity contribution in [3.63, 3.8) is 0 Å². The van der Waals surface area contributed by atoms with E-state index in [1.165, 1.54) is 12.1 Å². The lowest BCUT2D eigenvalue weighted by Crippen LogP contribution is -2.55. The summed E-state index contributed by atoms with van der Waals surface area (Å²) in [6.45, 7) is 3.69. The standard InChI is InChI=1S/C16H23FN2O3.ClH/c1-12(22-14-5-3-4-13(17)10-14)11-19-15(20)16(21-2)6-8-18-9-7-16;/h3-5,10,12,18H,6-9,11H2,1-2H3,(H,19,20);1H. The maximum Gasteiger partial charge on any atom is 0.252 e. The Labute approximate surface area is 142 Å². The topological polar surface area (TPSA) is 59.6 Å². The molecule has 1 aliphatic heterocycles. The van der Waals surface area contributed by atoms with Crippen LogP contribution in [0.5, 0.6) is 5.75 Å². The van der Waals surface area contributed by atoms with Crippen LogP contribution in [0.25, 0.3) is 0 Å². The quantitative estimate of drug-likeness (QED) is 0.826. The number of benzene rings is 1. The van der Waals surface area contributed by atoms with Crippen molar-refractivity contribution in [2.45, 2.75) is 31.5 Å². The predicted molar refractivity (Wildman–Crippen MR) is 88.6 cm³/mol. The van der Waals surface area contributed by atoms with Gasteiger partial charge >= 0.3 is 0 Å². The Bertz CT molecular complexity index is 510. The minimum atomic E-state index is -0.760. The number of rotatable bonds is 6. The molecule has 1 heterocycles. The van der Waals surface area contributed by atoms with E-state index in [4.69, 9.17) is 9.47 Å². The van der Waals surface area contributed by atoms with Crippen LogP contribution in [0.3, 0.4) is 0 Å². The lowest BCUT2D eigenvalue weighted by molar-refractivity contribution is -0.147. The van der Waals surface area contributed by atoms with Crippen LogP contribution < -0.4 is 15.4 Å². The fourth-order valence-electron chi connectivity index (χ4n) is 2.57. The second-order valence-electron chi connectivity index (χ2n) is 5.54. The molecule has 1 saturated heterocycles. The Hall–Kier alpha value is -1.37. The van der Waals surface area contributed by atoms with Crippen molar-refractivity contribution in [1.82, 2.24) is 10.6 Å². The molecule has 0 saturated carbocycles. The molecule has 0 bridgehead atoms. The molecular formula is C16H24ClFN2O3. The highest BCUT2D eigenvalue weighted by Crippen LogP contribution is 2.22. The summed E-state index contributed by atoms with van der Waals surface area (Å²) in [4.78, 5) is 12.4. The average Bonchev–Trinajstić information content (AvgIpc) is 2.53. The summed E-state index contributed by atoms with van der Waals surface area (Å²) in [6.07, 6.45) is 1.03. The van der Waals surface area contributed by atoms with Crippen LogP contribution in [-0.4, -0.2) is 44.4 Å². The van der Waals surface area contributed by atoms with Gasteiger partial charge in [-0.25, -0.2) is 4.39 Å². The smallest absolute Gasteiger partial charge is 0.252 e. The third-order valence-corrected chi connectivity index (χ3v) is 3.90. The summed E-state index contributed by atoms with van der Waals surface area (Å²) in [5.41, 5.74) is -0.760. The van der Waals surface area contributed by atoms with Gasteiger partial charge in [0, 0.05) is 13.2 Å². The van der Waals surface area contributed by atoms with E-state index in [-0.39, 0.29) is 30.2 Å². The van der Waals surface area contributed by atoms with Crippen molar-refractivity contribution in [1.29, 1.82) is 0 Å². The third kappa shape index (κ3) is 5.34. The van der Waals surface area contributed by atoms with Crippen molar-refractivity contribution in [2.24, 2.45) is 0 Å². The number of piperidine rings is 1. The summed E-state index contributed by atoms with van der Waals surface area (Å²) in [5.74, 6) is -0.0157. The van der Waals surface area contributed by atoms with Gasteiger partial charge in [-0.15, -0.1) is 12.4 Å². The second kappa shape index (κ2) is 9.05. The van der Waals surface area contributed by atoms with Gasteiger partial charge in [0.05, 0.1) is 6.54 Å². The van der Waals surface area contributed by atoms with Gasteiger partial charge < -0.3 is 20.1 Å². The molecule has 2 rings (SSSR count). The molecule has 0 spiro atoms. The van der Waals surface area contributed by atoms with E-state index in [2.05, 4.69) is 10.6 Å². The van der Waals surface area contributed by atoms with E-state index in [0.29, 0.717) is 25.1 Å². The van der Waals surface area contributed by atoms with E-state index in [1.54, 1.807) is 19.2 Å². The van der Waals surface area contributed by atoms with Gasteiger partial charge in [0.2, 0.25) is 0 Å². The zero-order chi connectivity index (χ0) is 16.0. The molecular weight excluding hydrogens is 323 g/mol. The molecule has 2 N–H and O–H groups in total. The molecule has 0 aromatic heterocycles. The number of halogens is 2. The predicted octanol–water partition coefficient (Wildman–Crippen LogP) is 1.90. The lowest BCUT2D eigenvalue weighted by atomic mass is 9.91. The van der Waals surface area contributed by atoms with Gasteiger partial charge in [-0.3, -0.25) is 4.79 Å². The van der Waals surface area contributed by atoms with Crippen molar-refractivity contribution in [2.75, 3.05) is 26.7 Å². The summed E-state index contributed by atoms with van der Waals surface area (Å²) in [7, 11) is 1.57. The Kier molecular flexibility index (Phi) is 7.75. The highest BCUT2D eigenvalue weighted by molar-refractivity contribution is 5.85. The van der Waals surface area contributed by atoms with E-state index in [9.17, 15) is 9.18 Å². The first kappa shape index (κ1) is 19.7. The largest absolute Gasteiger partial charge is 0.489 e. The van der Waals surface area contributed by atoms with Gasteiger partial charge in [-0.05, 0) is 45.0 Å². The molecule has 1 aromatic carbocycles. The minimum absolute atomic E-state index is 0. The number of ether oxygens (including phenoxy) is 2. The van der Waals surface area contributed by atoms with Crippen LogP contribution in [0.4, 0.5) is 4.39 Å². The summed E-state index contributed by atoms with van der Waals surface area (Å²) < 4.78 is 24.2. The van der Waals surface area contributed by atoms with Crippen LogP contribution in [0.2, 0.25) is 0 Å². The van der Waals surface area contributed by atoms with Gasteiger partial charge in [0.25, 0.3) is 5.91 Å². The number of hydrogen-bond donors (Lipinski definition) is 2. The van der Waals surface area contributed by atoms with E-state index < -0.39 is 5.60 Å². The minimum Gasteiger partial charge on any atom is -0.489 e. The number of hydrogen-bond acceptors (Lipinski definition) is 4. The SMILES string of the molecule is COC1(C(=O)NCC(C)Oc2cccc(F)c2)CCNCC1.Cl. The molecule has 5 nitrogen and oxygen atoms in total. The Balaban J connectivity index is 0.00000264. The molecule has 1 atom stereocenters. The van der Waals surface area contributed by atoms with E-state index in [0.717, 1.165) is 13.1 Å². The van der Waals surface area contributed by atoms with Crippen molar-refractivity contribution in [3.8, 4) is 5.75 Å². The summed E-state index contributed by atoms with van der Waals surface area (Å²) in [6, 6.07) is 5.95. The molecule has 130 valence electrons. The van der Waals surface area contributed by atoms with Crippen molar-refractivity contribution < 1.29 is 18.7 Å². The summed E-state index contributed by atoms with van der Waals surface area (Å²) in [5, 5.41) is 6.08. The number of carbonyl (C=O) groups excluding carboxylic acids is 1. The third-order valence-electron chi connectivity index (χ3n) is 3.90. The second-order valence-corrected chi connectivity index (χ2v) is 5.54. The average molecular weight is 347 g/mol. The van der Waals surface area contributed by atoms with E-state index >= 15 is 0 Å². The van der Waals surface area contributed by atoms with Gasteiger partial charge in [-0.1, -0.05) is 6.07 Å². The van der Waals surface area contributed by atoms with Gasteiger partial charge in [0.1, 0.15) is 23.3 Å². The number of methoxy groups -OCH3 is 1. The molecule has 1 amide bonds. The fourth-order valence-corrected chi connectivity index (χ4v) is 2.57. The zero-order valence-corrected chi connectivity index (χ0v) is 14.2. The first-order valence-corrected chi connectivity index (χ1v) is 7.52. The van der Waals surface area contributed by atoms with Crippen molar-refractivity contribution in [3.05, 3.63) is 30.1 Å². The normalized spacial score (nSPS) is 17.7. The Morgan fingerprint density at radius 1 is 1.43 bits per heavy atom. The maximum absolute atomic E-state index is 13.1. The Morgan fingerprint density at radius 2 is 2.13 bits per heavy atom. The van der Waals surface area contributed by atoms with Crippen LogP contribution in [0, 0.1) is 5.82 Å². The van der Waals surface area contributed by atoms with Crippen LogP contribution in [0.15, 0.2) is 24.3 Å². The lowest BCUT2D eigenvalue weighted by Gasteiger charge is -2.35. The molecule has 1 aliphatic rings. The molecule has 1 unspecified atom stereocenters. The fraction of sp³-hybridized carbons (Fsp3) is 0.562. The number of carbonyl (C=O) groups is 1. The maximum atomic E-state index is 13.1. The van der Waals surface area contributed by atoms with E-state index in [1.807, 2.05) is 6.92 Å². The zero-order valence-electron chi connectivity index (χ0n) is 13.4. The van der Waals surface area contributed by atoms with Crippen LogP contribution in [0.1, 0.15) is 19.8 Å². The number of nitrogens with one attached hydrogen (secondary N) is 2. The molecule has 1 fully saturated rings. The van der Waals surface area contributed by atoms with Crippen molar-refractivity contribution >= 4 is 18.3 Å². The van der Waals surface area contributed by atoms with Crippen LogP contribution >= 0.6 is 12.4 Å². The summed E-state index contributed by atoms with van der Waals surface area (Å²) >= 11 is 0. The van der Waals surface area contributed by atoms with Gasteiger partial charge in [0.15, 0.2) is 0 Å². The highest BCUT2D eigenvalue weighted by Gasteiger charge is 2.39. The molecule has 1 aromatic rings. The Morgan fingerprint density at radius 3 is 2.74 bits per heavy atom. The molecule has 0 radical (unpaired) electrons. The molecule has 23 heavy (non-hydrogen) atoms. The van der Waals surface area contributed by atoms with Gasteiger partial charge in [-0.2, -0.15) is 0 Å². The molecule has 0 aliphatic carbocycles. The first-order chi connectivity index (χ1) is 10.6. The highest BCUT2D eigenvalue weighted by atomic mass is 35.5. The first-order valence-electron chi connectivity index (χ1n) is 7.52.